The molecular formula is C29H31FN2O2. The summed E-state index contributed by atoms with van der Waals surface area (Å²) in [5.74, 6) is -0.0608. The zero-order valence-electron chi connectivity index (χ0n) is 20.0. The Balaban J connectivity index is 1.45. The van der Waals surface area contributed by atoms with Crippen LogP contribution in [0.1, 0.15) is 37.8 Å². The van der Waals surface area contributed by atoms with Crippen molar-refractivity contribution in [3.8, 4) is 17.6 Å². The van der Waals surface area contributed by atoms with Gasteiger partial charge in [0.2, 0.25) is 5.82 Å². The van der Waals surface area contributed by atoms with Gasteiger partial charge in [0, 0.05) is 18.6 Å². The molecule has 1 heterocycles. The SMILES string of the molecule is COc1cccc(OC2CN(C(C)(C)CCC(C#N)(c3ccccc3)c3ccccc3)C2)c1F. The zero-order chi connectivity index (χ0) is 24.2. The normalized spacial score (nSPS) is 14.8. The largest absolute Gasteiger partial charge is 0.494 e. The van der Waals surface area contributed by atoms with Crippen LogP contribution in [-0.4, -0.2) is 36.7 Å². The summed E-state index contributed by atoms with van der Waals surface area (Å²) in [6.07, 6.45) is 1.44. The molecule has 0 bridgehead atoms. The predicted octanol–water partition coefficient (Wildman–Crippen LogP) is 5.97. The lowest BCUT2D eigenvalue weighted by Crippen LogP contribution is -2.62. The molecule has 0 amide bonds. The fourth-order valence-corrected chi connectivity index (χ4v) is 4.66. The van der Waals surface area contributed by atoms with E-state index in [1.165, 1.54) is 7.11 Å². The number of rotatable bonds is 9. The molecular weight excluding hydrogens is 427 g/mol. The van der Waals surface area contributed by atoms with Gasteiger partial charge in [0.25, 0.3) is 0 Å². The van der Waals surface area contributed by atoms with Crippen molar-refractivity contribution >= 4 is 0 Å². The highest BCUT2D eigenvalue weighted by molar-refractivity contribution is 5.45. The minimum absolute atomic E-state index is 0.0788. The van der Waals surface area contributed by atoms with Gasteiger partial charge in [0.05, 0.1) is 13.2 Å². The first kappa shape index (κ1) is 23.8. The Labute approximate surface area is 201 Å². The van der Waals surface area contributed by atoms with Gasteiger partial charge < -0.3 is 9.47 Å². The van der Waals surface area contributed by atoms with Gasteiger partial charge in [-0.3, -0.25) is 4.90 Å². The van der Waals surface area contributed by atoms with Crippen LogP contribution in [0.2, 0.25) is 0 Å². The summed E-state index contributed by atoms with van der Waals surface area (Å²) in [7, 11) is 1.45. The van der Waals surface area contributed by atoms with E-state index >= 15 is 0 Å². The van der Waals surface area contributed by atoms with Crippen molar-refractivity contribution in [3.05, 3.63) is 95.8 Å². The number of hydrogen-bond donors (Lipinski definition) is 0. The average Bonchev–Trinajstić information content (AvgIpc) is 2.84. The topological polar surface area (TPSA) is 45.5 Å². The van der Waals surface area contributed by atoms with Crippen LogP contribution < -0.4 is 9.47 Å². The first-order valence-corrected chi connectivity index (χ1v) is 11.7. The van der Waals surface area contributed by atoms with E-state index in [1.54, 1.807) is 18.2 Å². The molecule has 1 fully saturated rings. The van der Waals surface area contributed by atoms with Crippen LogP contribution in [0.3, 0.4) is 0 Å². The van der Waals surface area contributed by atoms with Crippen LogP contribution in [0.5, 0.6) is 11.5 Å². The van der Waals surface area contributed by atoms with Gasteiger partial charge in [-0.2, -0.15) is 9.65 Å². The minimum Gasteiger partial charge on any atom is -0.494 e. The Morgan fingerprint density at radius 1 is 0.882 bits per heavy atom. The Bertz CT molecular complexity index is 1100. The molecule has 0 aliphatic carbocycles. The average molecular weight is 459 g/mol. The van der Waals surface area contributed by atoms with Gasteiger partial charge in [-0.25, -0.2) is 0 Å². The Kier molecular flexibility index (Phi) is 6.90. The summed E-state index contributed by atoms with van der Waals surface area (Å²) in [6, 6.07) is 27.7. The third-order valence-corrected chi connectivity index (χ3v) is 6.98. The Hall–Kier alpha value is -3.36. The van der Waals surface area contributed by atoms with Crippen molar-refractivity contribution < 1.29 is 13.9 Å². The summed E-state index contributed by atoms with van der Waals surface area (Å²) in [5.41, 5.74) is 1.17. The Morgan fingerprint density at radius 3 is 1.97 bits per heavy atom. The van der Waals surface area contributed by atoms with Crippen molar-refractivity contribution in [2.75, 3.05) is 20.2 Å². The van der Waals surface area contributed by atoms with Gasteiger partial charge in [-0.1, -0.05) is 66.7 Å². The van der Waals surface area contributed by atoms with Crippen LogP contribution in [0, 0.1) is 17.1 Å². The van der Waals surface area contributed by atoms with E-state index < -0.39 is 11.2 Å². The van der Waals surface area contributed by atoms with Gasteiger partial charge in [-0.15, -0.1) is 0 Å². The molecule has 3 aromatic rings. The number of nitrogens with zero attached hydrogens (tertiary/aromatic N) is 2. The molecule has 4 rings (SSSR count). The fourth-order valence-electron chi connectivity index (χ4n) is 4.66. The molecule has 0 spiro atoms. The molecule has 0 unspecified atom stereocenters. The van der Waals surface area contributed by atoms with Crippen LogP contribution in [-0.2, 0) is 5.41 Å². The van der Waals surface area contributed by atoms with E-state index in [4.69, 9.17) is 9.47 Å². The van der Waals surface area contributed by atoms with Gasteiger partial charge in [-0.05, 0) is 49.9 Å². The van der Waals surface area contributed by atoms with E-state index in [0.29, 0.717) is 19.5 Å². The van der Waals surface area contributed by atoms with Gasteiger partial charge in [0.1, 0.15) is 11.5 Å². The van der Waals surface area contributed by atoms with Crippen LogP contribution >= 0.6 is 0 Å². The van der Waals surface area contributed by atoms with Gasteiger partial charge >= 0.3 is 0 Å². The van der Waals surface area contributed by atoms with E-state index in [9.17, 15) is 9.65 Å². The molecule has 0 atom stereocenters. The molecule has 4 nitrogen and oxygen atoms in total. The fraction of sp³-hybridized carbons (Fsp3) is 0.345. The van der Waals surface area contributed by atoms with Gasteiger partial charge in [0.15, 0.2) is 11.5 Å². The summed E-state index contributed by atoms with van der Waals surface area (Å²) in [4.78, 5) is 2.34. The minimum atomic E-state index is -0.718. The quantitative estimate of drug-likeness (QED) is 0.397. The molecule has 0 saturated carbocycles. The molecule has 3 aromatic carbocycles. The summed E-state index contributed by atoms with van der Waals surface area (Å²) >= 11 is 0. The smallest absolute Gasteiger partial charge is 0.206 e. The molecule has 34 heavy (non-hydrogen) atoms. The second-order valence-corrected chi connectivity index (χ2v) is 9.48. The monoisotopic (exact) mass is 458 g/mol. The molecule has 0 N–H and O–H groups in total. The first-order chi connectivity index (χ1) is 16.4. The lowest BCUT2D eigenvalue weighted by molar-refractivity contribution is -0.0477. The number of methoxy groups -OCH3 is 1. The zero-order valence-corrected chi connectivity index (χ0v) is 20.0. The highest BCUT2D eigenvalue weighted by Crippen LogP contribution is 2.40. The molecule has 0 radical (unpaired) electrons. The second-order valence-electron chi connectivity index (χ2n) is 9.48. The maximum atomic E-state index is 14.4. The van der Waals surface area contributed by atoms with E-state index in [2.05, 4.69) is 24.8 Å². The number of likely N-dealkylation sites (tertiary alicyclic amines) is 1. The number of halogens is 1. The third-order valence-electron chi connectivity index (χ3n) is 6.98. The highest BCUT2D eigenvalue weighted by Gasteiger charge is 2.42. The maximum absolute atomic E-state index is 14.4. The van der Waals surface area contributed by atoms with Crippen molar-refractivity contribution in [2.24, 2.45) is 0 Å². The van der Waals surface area contributed by atoms with Crippen LogP contribution in [0.25, 0.3) is 0 Å². The lowest BCUT2D eigenvalue weighted by atomic mass is 9.70. The number of nitriles is 1. The van der Waals surface area contributed by atoms with E-state index in [0.717, 1.165) is 17.5 Å². The predicted molar refractivity (Wildman–Crippen MR) is 132 cm³/mol. The maximum Gasteiger partial charge on any atom is 0.206 e. The standard InChI is InChI=1S/C29H31FN2O2/c1-28(2,32-19-24(20-32)34-26-16-10-15-25(33-3)27(26)30)17-18-29(21-31,22-11-6-4-7-12-22)23-13-8-5-9-14-23/h4-16,24H,17-20H2,1-3H3. The molecule has 0 aromatic heterocycles. The third kappa shape index (κ3) is 4.64. The van der Waals surface area contributed by atoms with Crippen molar-refractivity contribution in [2.45, 2.75) is 43.7 Å². The summed E-state index contributed by atoms with van der Waals surface area (Å²) in [5, 5.41) is 10.4. The molecule has 1 saturated heterocycles. The molecule has 1 aliphatic heterocycles. The lowest BCUT2D eigenvalue weighted by Gasteiger charge is -2.49. The van der Waals surface area contributed by atoms with E-state index in [-0.39, 0.29) is 23.1 Å². The van der Waals surface area contributed by atoms with Crippen molar-refractivity contribution in [3.63, 3.8) is 0 Å². The summed E-state index contributed by atoms with van der Waals surface area (Å²) in [6.45, 7) is 5.82. The van der Waals surface area contributed by atoms with Crippen LogP contribution in [0.15, 0.2) is 78.9 Å². The molecule has 5 heteroatoms. The number of hydrogen-bond acceptors (Lipinski definition) is 4. The Morgan fingerprint density at radius 2 is 1.44 bits per heavy atom. The van der Waals surface area contributed by atoms with E-state index in [1.807, 2.05) is 60.7 Å². The molecule has 176 valence electrons. The highest BCUT2D eigenvalue weighted by atomic mass is 19.1. The van der Waals surface area contributed by atoms with Crippen molar-refractivity contribution in [1.29, 1.82) is 5.26 Å². The number of ether oxygens (including phenoxy) is 2. The van der Waals surface area contributed by atoms with Crippen LogP contribution in [0.4, 0.5) is 4.39 Å². The second kappa shape index (κ2) is 9.87. The van der Waals surface area contributed by atoms with Crippen molar-refractivity contribution in [1.82, 2.24) is 4.90 Å². The summed E-state index contributed by atoms with van der Waals surface area (Å²) < 4.78 is 25.4. The molecule has 1 aliphatic rings. The number of benzene rings is 3. The first-order valence-electron chi connectivity index (χ1n) is 11.7.